The van der Waals surface area contributed by atoms with E-state index in [1.54, 1.807) is 0 Å². The first-order valence-electron chi connectivity index (χ1n) is 6.76. The molecule has 1 aromatic rings. The van der Waals surface area contributed by atoms with Crippen LogP contribution >= 0.6 is 24.8 Å². The largest absolute Gasteiger partial charge is 0.368 e. The quantitative estimate of drug-likeness (QED) is 0.795. The summed E-state index contributed by atoms with van der Waals surface area (Å²) >= 11 is 0. The number of aromatic nitrogens is 1. The first-order valence-corrected chi connectivity index (χ1v) is 6.76. The van der Waals surface area contributed by atoms with Crippen LogP contribution in [0.15, 0.2) is 24.5 Å². The van der Waals surface area contributed by atoms with Crippen LogP contribution in [-0.4, -0.2) is 41.6 Å². The molecule has 3 saturated heterocycles. The van der Waals surface area contributed by atoms with Crippen molar-refractivity contribution in [1.29, 1.82) is 0 Å². The van der Waals surface area contributed by atoms with E-state index in [1.165, 1.54) is 51.1 Å². The van der Waals surface area contributed by atoms with Gasteiger partial charge < -0.3 is 4.90 Å². The Morgan fingerprint density at radius 1 is 1.26 bits per heavy atom. The molecule has 0 N–H and O–H groups in total. The summed E-state index contributed by atoms with van der Waals surface area (Å²) in [6.45, 7) is 5.12. The molecule has 3 fully saturated rings. The Balaban J connectivity index is 0.000000667. The van der Waals surface area contributed by atoms with Crippen LogP contribution in [0.1, 0.15) is 19.3 Å². The highest BCUT2D eigenvalue weighted by molar-refractivity contribution is 5.85. The average Bonchev–Trinajstić information content (AvgIpc) is 3.06. The number of nitrogens with zero attached hydrogens (tertiary/aromatic N) is 3. The second-order valence-electron chi connectivity index (χ2n) is 5.91. The van der Waals surface area contributed by atoms with E-state index in [4.69, 9.17) is 0 Å². The molecule has 3 aliphatic heterocycles. The van der Waals surface area contributed by atoms with Gasteiger partial charge in [0.25, 0.3) is 0 Å². The average molecular weight is 302 g/mol. The lowest BCUT2D eigenvalue weighted by molar-refractivity contribution is 0.155. The minimum atomic E-state index is 0. The zero-order valence-corrected chi connectivity index (χ0v) is 12.6. The molecule has 4 rings (SSSR count). The van der Waals surface area contributed by atoms with Crippen molar-refractivity contribution in [3.8, 4) is 0 Å². The van der Waals surface area contributed by atoms with Gasteiger partial charge in [-0.3, -0.25) is 9.88 Å². The van der Waals surface area contributed by atoms with E-state index in [2.05, 4.69) is 20.9 Å². The molecule has 3 atom stereocenters. The highest BCUT2D eigenvalue weighted by Gasteiger charge is 2.52. The van der Waals surface area contributed by atoms with Gasteiger partial charge in [0.1, 0.15) is 0 Å². The summed E-state index contributed by atoms with van der Waals surface area (Å²) in [6.07, 6.45) is 8.08. The molecule has 1 spiro atoms. The summed E-state index contributed by atoms with van der Waals surface area (Å²) < 4.78 is 0. The molecule has 0 amide bonds. The fourth-order valence-electron chi connectivity index (χ4n) is 4.14. The summed E-state index contributed by atoms with van der Waals surface area (Å²) in [5.74, 6) is 0.990. The van der Waals surface area contributed by atoms with Crippen LogP contribution in [0.3, 0.4) is 0 Å². The number of halogens is 2. The molecule has 0 aliphatic carbocycles. The van der Waals surface area contributed by atoms with Gasteiger partial charge in [-0.2, -0.15) is 0 Å². The van der Waals surface area contributed by atoms with E-state index in [1.807, 2.05) is 18.5 Å². The summed E-state index contributed by atoms with van der Waals surface area (Å²) in [4.78, 5) is 9.52. The van der Waals surface area contributed by atoms with Crippen LogP contribution in [0, 0.1) is 5.92 Å². The monoisotopic (exact) mass is 301 g/mol. The van der Waals surface area contributed by atoms with Gasteiger partial charge in [-0.05, 0) is 43.9 Å². The van der Waals surface area contributed by atoms with Crippen molar-refractivity contribution in [1.82, 2.24) is 9.88 Å². The van der Waals surface area contributed by atoms with Crippen molar-refractivity contribution in [2.75, 3.05) is 31.1 Å². The van der Waals surface area contributed by atoms with Gasteiger partial charge in [0, 0.05) is 31.4 Å². The fourth-order valence-corrected chi connectivity index (χ4v) is 4.14. The Morgan fingerprint density at radius 3 is 2.79 bits per heavy atom. The van der Waals surface area contributed by atoms with Gasteiger partial charge in [-0.1, -0.05) is 0 Å². The smallest absolute Gasteiger partial charge is 0.0553 e. The lowest BCUT2D eigenvalue weighted by atomic mass is 9.87. The molecule has 106 valence electrons. The molecule has 1 aromatic heterocycles. The Bertz CT molecular complexity index is 428. The van der Waals surface area contributed by atoms with Crippen molar-refractivity contribution in [2.24, 2.45) is 5.92 Å². The number of hydrogen-bond acceptors (Lipinski definition) is 3. The molecule has 2 bridgehead atoms. The minimum absolute atomic E-state index is 0. The number of anilines is 1. The number of fused-ring (bicyclic) bond motifs is 3. The molecule has 0 radical (unpaired) electrons. The predicted octanol–water partition coefficient (Wildman–Crippen LogP) is 2.60. The van der Waals surface area contributed by atoms with Crippen molar-refractivity contribution in [2.45, 2.75) is 24.8 Å². The summed E-state index contributed by atoms with van der Waals surface area (Å²) in [7, 11) is 0. The maximum atomic E-state index is 4.24. The SMILES string of the molecule is Cl.Cl.c1cncc(N2CCC3(CC4CCN3C4)C2)c1. The van der Waals surface area contributed by atoms with Gasteiger partial charge in [-0.15, -0.1) is 24.8 Å². The number of piperidine rings is 1. The summed E-state index contributed by atoms with van der Waals surface area (Å²) in [6, 6.07) is 4.23. The molecular weight excluding hydrogens is 281 g/mol. The Morgan fingerprint density at radius 2 is 2.16 bits per heavy atom. The topological polar surface area (TPSA) is 19.4 Å². The molecule has 5 heteroatoms. The second kappa shape index (κ2) is 5.47. The Hall–Kier alpha value is -0.510. The lowest BCUT2D eigenvalue weighted by Gasteiger charge is -2.36. The third-order valence-electron chi connectivity index (χ3n) is 4.97. The molecular formula is C14H21Cl2N3. The van der Waals surface area contributed by atoms with Crippen LogP contribution in [0.2, 0.25) is 0 Å². The first kappa shape index (κ1) is 14.9. The van der Waals surface area contributed by atoms with Gasteiger partial charge in [0.05, 0.1) is 11.9 Å². The summed E-state index contributed by atoms with van der Waals surface area (Å²) in [5, 5.41) is 0. The van der Waals surface area contributed by atoms with E-state index in [9.17, 15) is 0 Å². The van der Waals surface area contributed by atoms with Crippen LogP contribution < -0.4 is 4.90 Å². The third-order valence-corrected chi connectivity index (χ3v) is 4.97. The van der Waals surface area contributed by atoms with E-state index < -0.39 is 0 Å². The van der Waals surface area contributed by atoms with Gasteiger partial charge in [-0.25, -0.2) is 0 Å². The lowest BCUT2D eigenvalue weighted by Crippen LogP contribution is -2.46. The zero-order valence-electron chi connectivity index (χ0n) is 11.0. The maximum Gasteiger partial charge on any atom is 0.0553 e. The molecule has 3 aliphatic rings. The first-order chi connectivity index (χ1) is 8.36. The van der Waals surface area contributed by atoms with E-state index in [0.717, 1.165) is 5.92 Å². The standard InChI is InChI=1S/C14H19N3.2ClH/c1-2-13(9-15-5-1)16-7-4-14(11-16)8-12-3-6-17(14)10-12;;/h1-2,5,9,12H,3-4,6-8,10-11H2;2*1H. The zero-order chi connectivity index (χ0) is 11.3. The van der Waals surface area contributed by atoms with Gasteiger partial charge >= 0.3 is 0 Å². The molecule has 3 unspecified atom stereocenters. The Labute approximate surface area is 127 Å². The minimum Gasteiger partial charge on any atom is -0.368 e. The maximum absolute atomic E-state index is 4.24. The van der Waals surface area contributed by atoms with Crippen molar-refractivity contribution in [3.05, 3.63) is 24.5 Å². The molecule has 19 heavy (non-hydrogen) atoms. The van der Waals surface area contributed by atoms with Crippen LogP contribution in [0.4, 0.5) is 5.69 Å². The van der Waals surface area contributed by atoms with Crippen molar-refractivity contribution < 1.29 is 0 Å². The van der Waals surface area contributed by atoms with Crippen molar-refractivity contribution >= 4 is 30.5 Å². The van der Waals surface area contributed by atoms with Gasteiger partial charge in [0.15, 0.2) is 0 Å². The van der Waals surface area contributed by atoms with Crippen molar-refractivity contribution in [3.63, 3.8) is 0 Å². The van der Waals surface area contributed by atoms with E-state index in [-0.39, 0.29) is 24.8 Å². The van der Waals surface area contributed by atoms with Gasteiger partial charge in [0.2, 0.25) is 0 Å². The predicted molar refractivity (Wildman–Crippen MR) is 82.6 cm³/mol. The number of hydrogen-bond donors (Lipinski definition) is 0. The van der Waals surface area contributed by atoms with Crippen LogP contribution in [-0.2, 0) is 0 Å². The number of pyridine rings is 1. The van der Waals surface area contributed by atoms with E-state index in [0.29, 0.717) is 5.54 Å². The highest BCUT2D eigenvalue weighted by atomic mass is 35.5. The van der Waals surface area contributed by atoms with E-state index >= 15 is 0 Å². The van der Waals surface area contributed by atoms with Crippen LogP contribution in [0.5, 0.6) is 0 Å². The summed E-state index contributed by atoms with van der Waals surface area (Å²) in [5.41, 5.74) is 1.81. The Kier molecular flexibility index (Phi) is 4.29. The molecule has 4 heterocycles. The second-order valence-corrected chi connectivity index (χ2v) is 5.91. The number of rotatable bonds is 1. The normalized spacial score (nSPS) is 35.3. The molecule has 0 saturated carbocycles. The van der Waals surface area contributed by atoms with Crippen LogP contribution in [0.25, 0.3) is 0 Å². The molecule has 0 aromatic carbocycles. The fraction of sp³-hybridized carbons (Fsp3) is 0.643. The highest BCUT2D eigenvalue weighted by Crippen LogP contribution is 2.46. The third kappa shape index (κ3) is 2.32. The molecule has 3 nitrogen and oxygen atoms in total.